The lowest BCUT2D eigenvalue weighted by Gasteiger charge is -2.18. The highest BCUT2D eigenvalue weighted by Crippen LogP contribution is 2.18. The minimum Gasteiger partial charge on any atom is -0.462 e. The number of carbonyl (C=O) groups is 3. The monoisotopic (exact) mass is 835 g/mol. The van der Waals surface area contributed by atoms with Crippen LogP contribution in [0.15, 0.2) is 0 Å². The average Bonchev–Trinajstić information content (AvgIpc) is 3.22. The van der Waals surface area contributed by atoms with Gasteiger partial charge in [-0.3, -0.25) is 14.4 Å². The molecule has 59 heavy (non-hydrogen) atoms. The van der Waals surface area contributed by atoms with E-state index in [-0.39, 0.29) is 31.1 Å². The summed E-state index contributed by atoms with van der Waals surface area (Å²) in [5.74, 6) is 1.67. The summed E-state index contributed by atoms with van der Waals surface area (Å²) in [5.41, 5.74) is 0. The first-order valence-corrected chi connectivity index (χ1v) is 26.2. The van der Waals surface area contributed by atoms with Crippen LogP contribution in [0.1, 0.15) is 286 Å². The highest BCUT2D eigenvalue weighted by atomic mass is 16.6. The minimum atomic E-state index is -0.763. The summed E-state index contributed by atoms with van der Waals surface area (Å²) in [7, 11) is 0. The summed E-state index contributed by atoms with van der Waals surface area (Å²) in [6.45, 7) is 13.7. The van der Waals surface area contributed by atoms with Gasteiger partial charge in [0.1, 0.15) is 13.2 Å². The molecule has 0 spiro atoms. The smallest absolute Gasteiger partial charge is 0.306 e. The predicted octanol–water partition coefficient (Wildman–Crippen LogP) is 16.8. The Morgan fingerprint density at radius 1 is 0.339 bits per heavy atom. The number of hydrogen-bond donors (Lipinski definition) is 0. The van der Waals surface area contributed by atoms with Crippen molar-refractivity contribution in [1.29, 1.82) is 0 Å². The van der Waals surface area contributed by atoms with Crippen LogP contribution in [0.2, 0.25) is 0 Å². The van der Waals surface area contributed by atoms with Crippen LogP contribution >= 0.6 is 0 Å². The molecular formula is C53H102O6. The van der Waals surface area contributed by atoms with Crippen molar-refractivity contribution < 1.29 is 28.6 Å². The zero-order valence-corrected chi connectivity index (χ0v) is 40.5. The van der Waals surface area contributed by atoms with Gasteiger partial charge in [-0.2, -0.15) is 0 Å². The highest BCUT2D eigenvalue weighted by Gasteiger charge is 2.19. The summed E-state index contributed by atoms with van der Waals surface area (Å²) < 4.78 is 16.8. The van der Waals surface area contributed by atoms with Crippen molar-refractivity contribution in [3.05, 3.63) is 0 Å². The molecule has 0 bridgehead atoms. The van der Waals surface area contributed by atoms with Crippen molar-refractivity contribution in [1.82, 2.24) is 0 Å². The normalized spacial score (nSPS) is 13.1. The van der Waals surface area contributed by atoms with Crippen molar-refractivity contribution in [2.75, 3.05) is 13.2 Å². The predicted molar refractivity (Wildman–Crippen MR) is 252 cm³/mol. The van der Waals surface area contributed by atoms with Crippen LogP contribution in [0.3, 0.4) is 0 Å². The van der Waals surface area contributed by atoms with Crippen LogP contribution < -0.4 is 0 Å². The SMILES string of the molecule is CCC(C)CCCCCCCCCCCCCCCCC(=O)OC[C@@H](COC(=O)CCCCCCCCC(C)CC)OC(=O)CCCCCCCCCCCCC(C)C. The molecular weight excluding hydrogens is 733 g/mol. The number of rotatable bonds is 46. The molecule has 0 aromatic carbocycles. The van der Waals surface area contributed by atoms with Gasteiger partial charge in [-0.1, -0.05) is 247 Å². The van der Waals surface area contributed by atoms with E-state index in [1.165, 1.54) is 167 Å². The number of ether oxygens (including phenoxy) is 3. The van der Waals surface area contributed by atoms with Crippen molar-refractivity contribution in [3.63, 3.8) is 0 Å². The number of unbranched alkanes of at least 4 members (excludes halogenated alkanes) is 27. The van der Waals surface area contributed by atoms with Crippen molar-refractivity contribution in [2.24, 2.45) is 17.8 Å². The van der Waals surface area contributed by atoms with Gasteiger partial charge in [0.25, 0.3) is 0 Å². The molecule has 0 heterocycles. The van der Waals surface area contributed by atoms with Gasteiger partial charge < -0.3 is 14.2 Å². The van der Waals surface area contributed by atoms with Crippen LogP contribution in [0.4, 0.5) is 0 Å². The maximum absolute atomic E-state index is 12.8. The van der Waals surface area contributed by atoms with Crippen LogP contribution in [0.25, 0.3) is 0 Å². The van der Waals surface area contributed by atoms with E-state index >= 15 is 0 Å². The molecule has 3 atom stereocenters. The molecule has 0 aromatic rings. The lowest BCUT2D eigenvalue weighted by atomic mass is 9.99. The van der Waals surface area contributed by atoms with Crippen LogP contribution in [-0.2, 0) is 28.6 Å². The van der Waals surface area contributed by atoms with Gasteiger partial charge in [0.15, 0.2) is 6.10 Å². The van der Waals surface area contributed by atoms with E-state index in [9.17, 15) is 14.4 Å². The molecule has 6 nitrogen and oxygen atoms in total. The van der Waals surface area contributed by atoms with Gasteiger partial charge in [0.2, 0.25) is 0 Å². The summed E-state index contributed by atoms with van der Waals surface area (Å²) >= 11 is 0. The zero-order chi connectivity index (χ0) is 43.4. The molecule has 0 N–H and O–H groups in total. The van der Waals surface area contributed by atoms with E-state index in [1.54, 1.807) is 0 Å². The molecule has 0 amide bonds. The summed E-state index contributed by atoms with van der Waals surface area (Å²) in [4.78, 5) is 37.9. The van der Waals surface area contributed by atoms with Crippen molar-refractivity contribution in [3.8, 4) is 0 Å². The van der Waals surface area contributed by atoms with Crippen molar-refractivity contribution >= 4 is 17.9 Å². The molecule has 0 aromatic heterocycles. The maximum Gasteiger partial charge on any atom is 0.306 e. The number of hydrogen-bond acceptors (Lipinski definition) is 6. The number of esters is 3. The van der Waals surface area contributed by atoms with Gasteiger partial charge in [0.05, 0.1) is 0 Å². The Kier molecular flexibility index (Phi) is 43.3. The second-order valence-corrected chi connectivity index (χ2v) is 19.1. The molecule has 350 valence electrons. The Balaban J connectivity index is 4.28. The zero-order valence-electron chi connectivity index (χ0n) is 40.5. The quantitative estimate of drug-likeness (QED) is 0.0345. The second kappa shape index (κ2) is 44.5. The second-order valence-electron chi connectivity index (χ2n) is 19.1. The lowest BCUT2D eigenvalue weighted by Crippen LogP contribution is -2.30. The van der Waals surface area contributed by atoms with E-state index in [1.807, 2.05) is 0 Å². The molecule has 0 saturated heterocycles. The molecule has 0 aliphatic heterocycles. The first-order chi connectivity index (χ1) is 28.7. The molecule has 0 fully saturated rings. The molecule has 0 rings (SSSR count). The average molecular weight is 835 g/mol. The van der Waals surface area contributed by atoms with Gasteiger partial charge >= 0.3 is 17.9 Å². The molecule has 0 saturated carbocycles. The van der Waals surface area contributed by atoms with Crippen LogP contribution in [0.5, 0.6) is 0 Å². The Morgan fingerprint density at radius 3 is 0.881 bits per heavy atom. The van der Waals surface area contributed by atoms with Gasteiger partial charge in [-0.15, -0.1) is 0 Å². The van der Waals surface area contributed by atoms with Gasteiger partial charge in [-0.25, -0.2) is 0 Å². The topological polar surface area (TPSA) is 78.9 Å². The highest BCUT2D eigenvalue weighted by molar-refractivity contribution is 5.71. The number of carbonyl (C=O) groups excluding carboxylic acids is 3. The molecule has 6 heteroatoms. The maximum atomic E-state index is 12.8. The summed E-state index contributed by atoms with van der Waals surface area (Å²) in [6, 6.07) is 0. The van der Waals surface area contributed by atoms with Gasteiger partial charge in [0, 0.05) is 19.3 Å². The third kappa shape index (κ3) is 44.3. The first-order valence-electron chi connectivity index (χ1n) is 26.2. The summed E-state index contributed by atoms with van der Waals surface area (Å²) in [6.07, 6.45) is 43.7. The van der Waals surface area contributed by atoms with Crippen molar-refractivity contribution in [2.45, 2.75) is 292 Å². The van der Waals surface area contributed by atoms with E-state index in [0.29, 0.717) is 19.3 Å². The molecule has 0 aliphatic carbocycles. The largest absolute Gasteiger partial charge is 0.462 e. The molecule has 0 radical (unpaired) electrons. The first kappa shape index (κ1) is 57.4. The fraction of sp³-hybridized carbons (Fsp3) is 0.943. The van der Waals surface area contributed by atoms with E-state index in [2.05, 4.69) is 41.5 Å². The van der Waals surface area contributed by atoms with E-state index in [4.69, 9.17) is 14.2 Å². The minimum absolute atomic E-state index is 0.0653. The third-order valence-corrected chi connectivity index (χ3v) is 12.6. The fourth-order valence-corrected chi connectivity index (χ4v) is 7.87. The standard InChI is InChI=1S/C53H102O6/c1-7-48(5)40-34-28-22-18-13-11-9-10-12-14-19-23-30-36-42-51(54)57-45-50(46-58-52(55)43-37-31-26-25-29-35-41-49(6)8-2)59-53(56)44-38-32-24-20-16-15-17-21-27-33-39-47(3)4/h47-50H,7-46H2,1-6H3/t48?,49?,50-/m0/s1. The Bertz CT molecular complexity index is 918. The molecule has 2 unspecified atom stereocenters. The Labute approximate surface area is 368 Å². The van der Waals surface area contributed by atoms with Gasteiger partial charge in [-0.05, 0) is 37.0 Å². The molecule has 0 aliphatic rings. The summed E-state index contributed by atoms with van der Waals surface area (Å²) in [5, 5.41) is 0. The fourth-order valence-electron chi connectivity index (χ4n) is 7.87. The van der Waals surface area contributed by atoms with E-state index in [0.717, 1.165) is 75.5 Å². The van der Waals surface area contributed by atoms with Crippen LogP contribution in [-0.4, -0.2) is 37.2 Å². The van der Waals surface area contributed by atoms with E-state index < -0.39 is 6.10 Å². The Hall–Kier alpha value is -1.59. The Morgan fingerprint density at radius 2 is 0.593 bits per heavy atom. The third-order valence-electron chi connectivity index (χ3n) is 12.6. The van der Waals surface area contributed by atoms with Crippen LogP contribution in [0, 0.1) is 17.8 Å². The lowest BCUT2D eigenvalue weighted by molar-refractivity contribution is -0.167.